The molecule has 2 aromatic carbocycles. The van der Waals surface area contributed by atoms with Crippen molar-refractivity contribution in [3.05, 3.63) is 69.8 Å². The minimum atomic E-state index is -0.812. The van der Waals surface area contributed by atoms with Crippen LogP contribution in [-0.2, 0) is 9.47 Å². The van der Waals surface area contributed by atoms with E-state index in [9.17, 15) is 24.0 Å². The van der Waals surface area contributed by atoms with Crippen molar-refractivity contribution in [2.24, 2.45) is 0 Å². The fourth-order valence-electron chi connectivity index (χ4n) is 2.62. The van der Waals surface area contributed by atoms with Crippen molar-refractivity contribution in [1.29, 1.82) is 0 Å². The van der Waals surface area contributed by atoms with Crippen molar-refractivity contribution >= 4 is 29.7 Å². The molecule has 2 aliphatic heterocycles. The second kappa shape index (κ2) is 4.69. The highest BCUT2D eigenvalue weighted by atomic mass is 16.6. The van der Waals surface area contributed by atoms with E-state index in [2.05, 4.69) is 9.47 Å². The number of carbonyl (C=O) groups is 5. The molecule has 0 spiro atoms. The van der Waals surface area contributed by atoms with Crippen LogP contribution in [0.2, 0.25) is 0 Å². The number of fused-ring (bicyclic) bond motifs is 2. The molecule has 0 atom stereocenters. The Kier molecular flexibility index (Phi) is 2.74. The van der Waals surface area contributed by atoms with Crippen LogP contribution in [0.5, 0.6) is 0 Å². The summed E-state index contributed by atoms with van der Waals surface area (Å²) in [5, 5.41) is 0. The van der Waals surface area contributed by atoms with E-state index in [-0.39, 0.29) is 33.4 Å². The molecule has 24 heavy (non-hydrogen) atoms. The number of hydrogen-bond acceptors (Lipinski definition) is 7. The summed E-state index contributed by atoms with van der Waals surface area (Å²) in [6, 6.07) is 7.97. The Bertz CT molecular complexity index is 920. The largest absolute Gasteiger partial charge is 0.386 e. The molecule has 0 bridgehead atoms. The number of hydrogen-bond donors (Lipinski definition) is 0. The number of ketones is 1. The first kappa shape index (κ1) is 14.0. The molecule has 7 heteroatoms. The van der Waals surface area contributed by atoms with Crippen LogP contribution in [0.25, 0.3) is 0 Å². The third kappa shape index (κ3) is 1.88. The average Bonchev–Trinajstić information content (AvgIpc) is 3.02. The lowest BCUT2D eigenvalue weighted by atomic mass is 10.0. The first-order valence-corrected chi connectivity index (χ1v) is 6.81. The number of benzene rings is 2. The normalized spacial score (nSPS) is 15.0. The highest BCUT2D eigenvalue weighted by molar-refractivity contribution is 6.19. The van der Waals surface area contributed by atoms with Crippen LogP contribution in [0.4, 0.5) is 0 Å². The maximum Gasteiger partial charge on any atom is 0.346 e. The lowest BCUT2D eigenvalue weighted by molar-refractivity contribution is 0.0425. The maximum absolute atomic E-state index is 12.5. The van der Waals surface area contributed by atoms with Crippen molar-refractivity contribution in [1.82, 2.24) is 0 Å². The van der Waals surface area contributed by atoms with Gasteiger partial charge >= 0.3 is 23.9 Å². The van der Waals surface area contributed by atoms with Gasteiger partial charge in [0.25, 0.3) is 0 Å². The monoisotopic (exact) mass is 323 g/mol. The van der Waals surface area contributed by atoms with Gasteiger partial charge in [-0.1, -0.05) is 12.1 Å². The molecule has 0 saturated carbocycles. The predicted molar refractivity (Wildman–Crippen MR) is 75.8 cm³/mol. The fraction of sp³-hybridized carbons (Fsp3) is 0. The van der Waals surface area contributed by atoms with Crippen molar-refractivity contribution in [2.75, 3.05) is 0 Å². The van der Waals surface area contributed by atoms with Gasteiger partial charge in [0.1, 0.15) is 0 Å². The van der Waals surface area contributed by atoms with E-state index in [1.165, 1.54) is 36.4 Å². The lowest BCUT2D eigenvalue weighted by Crippen LogP contribution is -2.05. The summed E-state index contributed by atoms with van der Waals surface area (Å²) in [6.07, 6.45) is 0. The zero-order valence-corrected chi connectivity index (χ0v) is 11.8. The zero-order valence-electron chi connectivity index (χ0n) is 11.8. The van der Waals surface area contributed by atoms with E-state index < -0.39 is 29.7 Å². The summed E-state index contributed by atoms with van der Waals surface area (Å²) in [4.78, 5) is 58.5. The fourth-order valence-corrected chi connectivity index (χ4v) is 2.62. The SMILES string of the molecule is O=C1OC(=O)c2cc([13C](=O)c3ccc4c(c3)C(=O)OC4=O)ccc21. The van der Waals surface area contributed by atoms with Crippen molar-refractivity contribution < 1.29 is 33.4 Å². The van der Waals surface area contributed by atoms with E-state index in [0.29, 0.717) is 0 Å². The van der Waals surface area contributed by atoms with Gasteiger partial charge in [0.2, 0.25) is 0 Å². The van der Waals surface area contributed by atoms with Crippen molar-refractivity contribution in [3.63, 3.8) is 0 Å². The van der Waals surface area contributed by atoms with E-state index >= 15 is 0 Å². The molecule has 0 saturated heterocycles. The Morgan fingerprint density at radius 3 is 1.38 bits per heavy atom. The molecule has 0 aromatic heterocycles. The first-order chi connectivity index (χ1) is 11.5. The lowest BCUT2D eigenvalue weighted by Gasteiger charge is -2.03. The van der Waals surface area contributed by atoms with Crippen LogP contribution in [0.3, 0.4) is 0 Å². The van der Waals surface area contributed by atoms with Gasteiger partial charge in [0.15, 0.2) is 5.78 Å². The number of carbonyl (C=O) groups excluding carboxylic acids is 5. The molecule has 116 valence electrons. The standard InChI is InChI=1S/C17H6O7/c18-13(7-1-3-9-11(5-7)16(21)23-14(9)19)8-2-4-10-12(6-8)17(22)24-15(10)20/h1-6H/i13+1. The third-order valence-electron chi connectivity index (χ3n) is 3.81. The van der Waals surface area contributed by atoms with Gasteiger partial charge in [-0.05, 0) is 24.3 Å². The molecule has 0 N–H and O–H groups in total. The summed E-state index contributed by atoms with van der Waals surface area (Å²) in [7, 11) is 0. The molecule has 0 fully saturated rings. The molecule has 4 rings (SSSR count). The quantitative estimate of drug-likeness (QED) is 0.357. The van der Waals surface area contributed by atoms with Gasteiger partial charge in [0.05, 0.1) is 22.3 Å². The third-order valence-corrected chi connectivity index (χ3v) is 3.81. The van der Waals surface area contributed by atoms with Gasteiger partial charge < -0.3 is 9.47 Å². The summed E-state index contributed by atoms with van der Waals surface area (Å²) < 4.78 is 8.94. The van der Waals surface area contributed by atoms with Crippen LogP contribution in [-0.4, -0.2) is 29.7 Å². The number of esters is 4. The zero-order chi connectivity index (χ0) is 17.0. The van der Waals surface area contributed by atoms with Crippen molar-refractivity contribution in [3.8, 4) is 0 Å². The van der Waals surface area contributed by atoms with Crippen LogP contribution in [0.1, 0.15) is 57.4 Å². The van der Waals surface area contributed by atoms with Gasteiger partial charge in [0, 0.05) is 11.1 Å². The molecule has 2 heterocycles. The first-order valence-electron chi connectivity index (χ1n) is 6.81. The van der Waals surface area contributed by atoms with Crippen LogP contribution < -0.4 is 0 Å². The minimum absolute atomic E-state index is 0.0154. The Hall–Kier alpha value is -3.61. The second-order valence-corrected chi connectivity index (χ2v) is 5.20. The molecule has 2 aromatic rings. The summed E-state index contributed by atoms with van der Waals surface area (Å²) >= 11 is 0. The Morgan fingerprint density at radius 2 is 0.958 bits per heavy atom. The maximum atomic E-state index is 12.5. The Labute approximate surface area is 133 Å². The Balaban J connectivity index is 1.76. The number of rotatable bonds is 2. The molecule has 0 aliphatic carbocycles. The summed E-state index contributed by atoms with van der Waals surface area (Å²) in [6.45, 7) is 0. The number of ether oxygens (including phenoxy) is 2. The van der Waals surface area contributed by atoms with Crippen LogP contribution in [0, 0.1) is 0 Å². The van der Waals surface area contributed by atoms with Crippen LogP contribution in [0.15, 0.2) is 36.4 Å². The molecule has 7 nitrogen and oxygen atoms in total. The van der Waals surface area contributed by atoms with Gasteiger partial charge in [-0.2, -0.15) is 0 Å². The average molecular weight is 323 g/mol. The molecular formula is C17H6O7. The molecule has 0 unspecified atom stereocenters. The highest BCUT2D eigenvalue weighted by Gasteiger charge is 2.32. The summed E-state index contributed by atoms with van der Waals surface area (Å²) in [5.74, 6) is -3.61. The Morgan fingerprint density at radius 1 is 0.583 bits per heavy atom. The topological polar surface area (TPSA) is 104 Å². The van der Waals surface area contributed by atoms with Gasteiger partial charge in [-0.25, -0.2) is 19.2 Å². The molecule has 2 aliphatic rings. The smallest absolute Gasteiger partial charge is 0.346 e. The van der Waals surface area contributed by atoms with E-state index in [1.807, 2.05) is 0 Å². The van der Waals surface area contributed by atoms with Gasteiger partial charge in [-0.15, -0.1) is 0 Å². The minimum Gasteiger partial charge on any atom is -0.386 e. The predicted octanol–water partition coefficient (Wildman–Crippen LogP) is 1.54. The molecular weight excluding hydrogens is 317 g/mol. The van der Waals surface area contributed by atoms with Crippen molar-refractivity contribution in [2.45, 2.75) is 0 Å². The molecule has 0 amide bonds. The molecule has 0 radical (unpaired) electrons. The highest BCUT2D eigenvalue weighted by Crippen LogP contribution is 2.25. The number of cyclic esters (lactones) is 4. The van der Waals surface area contributed by atoms with Gasteiger partial charge in [-0.3, -0.25) is 4.79 Å². The van der Waals surface area contributed by atoms with Crippen LogP contribution >= 0.6 is 0 Å². The second-order valence-electron chi connectivity index (χ2n) is 5.20. The van der Waals surface area contributed by atoms with E-state index in [0.717, 1.165) is 0 Å². The van der Waals surface area contributed by atoms with E-state index in [1.54, 1.807) is 0 Å². The summed E-state index contributed by atoms with van der Waals surface area (Å²) in [5.41, 5.74) is 0.527. The van der Waals surface area contributed by atoms with E-state index in [4.69, 9.17) is 0 Å².